The molecule has 1 aromatic heterocycles. The zero-order valence-corrected chi connectivity index (χ0v) is 17.2. The molecule has 1 unspecified atom stereocenters. The van der Waals surface area contributed by atoms with Crippen molar-refractivity contribution in [2.75, 3.05) is 12.0 Å². The average molecular weight is 451 g/mol. The number of aromatic nitrogens is 2. The van der Waals surface area contributed by atoms with E-state index in [2.05, 4.69) is 15.3 Å². The monoisotopic (exact) mass is 451 g/mol. The fraction of sp³-hybridized carbons (Fsp3) is 0.476. The summed E-state index contributed by atoms with van der Waals surface area (Å²) in [5, 5.41) is 17.0. The number of carbonyl (C=O) groups is 1. The number of hydrogen-bond acceptors (Lipinski definition) is 3. The lowest BCUT2D eigenvalue weighted by molar-refractivity contribution is -0.102. The molecule has 0 spiro atoms. The van der Waals surface area contributed by atoms with Crippen LogP contribution in [-0.4, -0.2) is 44.1 Å². The van der Waals surface area contributed by atoms with Crippen molar-refractivity contribution in [3.8, 4) is 0 Å². The first-order valence-electron chi connectivity index (χ1n) is 10.1. The minimum Gasteiger partial charge on any atom is -0.387 e. The molecule has 0 radical (unpaired) electrons. The van der Waals surface area contributed by atoms with Gasteiger partial charge in [0.2, 0.25) is 5.69 Å². The number of alkyl halides is 3. The molecule has 2 amide bonds. The number of nitrogens with zero attached hydrogens (tertiary/aromatic N) is 4. The van der Waals surface area contributed by atoms with Gasteiger partial charge in [-0.3, -0.25) is 4.68 Å². The predicted molar refractivity (Wildman–Crippen MR) is 107 cm³/mol. The van der Waals surface area contributed by atoms with Crippen molar-refractivity contribution >= 4 is 17.4 Å². The molecule has 3 heterocycles. The third kappa shape index (κ3) is 3.79. The molecular weight excluding hydrogens is 430 g/mol. The number of rotatable bonds is 2. The van der Waals surface area contributed by atoms with Gasteiger partial charge in [0.1, 0.15) is 23.8 Å². The SMILES string of the molecule is [C-]#[N+]c1cc(NC(=O)N2Cc3c(nn4c3C(F)(F)C[C@](O)(CF)CC4)CC2C)ccc1F. The molecule has 4 rings (SSSR count). The van der Waals surface area contributed by atoms with Crippen molar-refractivity contribution in [2.45, 2.75) is 56.8 Å². The van der Waals surface area contributed by atoms with Crippen LogP contribution in [-0.2, 0) is 25.4 Å². The van der Waals surface area contributed by atoms with Gasteiger partial charge < -0.3 is 15.3 Å². The van der Waals surface area contributed by atoms with E-state index >= 15 is 8.78 Å². The smallest absolute Gasteiger partial charge is 0.322 e. The highest BCUT2D eigenvalue weighted by Crippen LogP contribution is 2.44. The van der Waals surface area contributed by atoms with Crippen LogP contribution in [0.4, 0.5) is 33.7 Å². The fourth-order valence-corrected chi connectivity index (χ4v) is 4.32. The molecule has 7 nitrogen and oxygen atoms in total. The van der Waals surface area contributed by atoms with Gasteiger partial charge in [0, 0.05) is 36.7 Å². The molecule has 2 N–H and O–H groups in total. The molecular formula is C21H21F4N5O2. The minimum absolute atomic E-state index is 0.0616. The van der Waals surface area contributed by atoms with Gasteiger partial charge in [0.25, 0.3) is 5.92 Å². The molecule has 11 heteroatoms. The fourth-order valence-electron chi connectivity index (χ4n) is 4.32. The van der Waals surface area contributed by atoms with Crippen molar-refractivity contribution in [3.63, 3.8) is 0 Å². The Kier molecular flexibility index (Phi) is 5.36. The number of amides is 2. The van der Waals surface area contributed by atoms with E-state index in [1.165, 1.54) is 17.0 Å². The van der Waals surface area contributed by atoms with E-state index in [1.807, 2.05) is 0 Å². The Morgan fingerprint density at radius 1 is 1.44 bits per heavy atom. The topological polar surface area (TPSA) is 74.8 Å². The van der Waals surface area contributed by atoms with Crippen LogP contribution in [0.25, 0.3) is 4.85 Å². The van der Waals surface area contributed by atoms with Crippen LogP contribution in [0.15, 0.2) is 18.2 Å². The molecule has 1 aromatic carbocycles. The summed E-state index contributed by atoms with van der Waals surface area (Å²) >= 11 is 0. The maximum absolute atomic E-state index is 15.1. The van der Waals surface area contributed by atoms with Crippen molar-refractivity contribution < 1.29 is 27.5 Å². The van der Waals surface area contributed by atoms with E-state index in [4.69, 9.17) is 6.57 Å². The summed E-state index contributed by atoms with van der Waals surface area (Å²) in [5.41, 5.74) is -1.96. The van der Waals surface area contributed by atoms with Crippen LogP contribution in [0.2, 0.25) is 0 Å². The summed E-state index contributed by atoms with van der Waals surface area (Å²) in [6.45, 7) is 7.23. The lowest BCUT2D eigenvalue weighted by Gasteiger charge is -2.34. The van der Waals surface area contributed by atoms with Gasteiger partial charge in [0.15, 0.2) is 0 Å². The minimum atomic E-state index is -3.53. The molecule has 0 saturated heterocycles. The summed E-state index contributed by atoms with van der Waals surface area (Å²) in [7, 11) is 0. The first-order valence-corrected chi connectivity index (χ1v) is 10.1. The Hall–Kier alpha value is -3.13. The number of benzene rings is 1. The van der Waals surface area contributed by atoms with Crippen LogP contribution in [0.5, 0.6) is 0 Å². The lowest BCUT2D eigenvalue weighted by Crippen LogP contribution is -2.45. The van der Waals surface area contributed by atoms with Crippen molar-refractivity contribution in [1.29, 1.82) is 0 Å². The number of fused-ring (bicyclic) bond motifs is 3. The number of anilines is 1. The number of nitrogens with one attached hydrogen (secondary N) is 1. The highest BCUT2D eigenvalue weighted by Gasteiger charge is 2.50. The molecule has 2 aromatic rings. The van der Waals surface area contributed by atoms with Crippen LogP contribution >= 0.6 is 0 Å². The Morgan fingerprint density at radius 2 is 2.19 bits per heavy atom. The van der Waals surface area contributed by atoms with Gasteiger partial charge in [-0.2, -0.15) is 13.9 Å². The summed E-state index contributed by atoms with van der Waals surface area (Å²) in [6, 6.07) is 2.60. The number of urea groups is 1. The highest BCUT2D eigenvalue weighted by molar-refractivity contribution is 5.90. The molecule has 0 aliphatic carbocycles. The maximum Gasteiger partial charge on any atom is 0.322 e. The summed E-state index contributed by atoms with van der Waals surface area (Å²) < 4.78 is 58.1. The third-order valence-electron chi connectivity index (χ3n) is 6.00. The van der Waals surface area contributed by atoms with Crippen molar-refractivity contribution in [3.05, 3.63) is 52.4 Å². The molecule has 2 aliphatic rings. The van der Waals surface area contributed by atoms with Crippen molar-refractivity contribution in [1.82, 2.24) is 14.7 Å². The first-order chi connectivity index (χ1) is 15.1. The molecule has 32 heavy (non-hydrogen) atoms. The van der Waals surface area contributed by atoms with E-state index in [0.29, 0.717) is 5.69 Å². The third-order valence-corrected chi connectivity index (χ3v) is 6.00. The van der Waals surface area contributed by atoms with E-state index in [9.17, 15) is 18.7 Å². The normalized spacial score (nSPS) is 24.2. The Labute approximate surface area is 181 Å². The second-order valence-electron chi connectivity index (χ2n) is 8.38. The lowest BCUT2D eigenvalue weighted by atomic mass is 9.91. The van der Waals surface area contributed by atoms with Gasteiger partial charge in [-0.15, -0.1) is 0 Å². The molecule has 0 bridgehead atoms. The summed E-state index contributed by atoms with van der Waals surface area (Å²) in [4.78, 5) is 17.3. The number of hydrogen-bond donors (Lipinski definition) is 2. The maximum atomic E-state index is 15.1. The Bertz CT molecular complexity index is 1110. The number of aliphatic hydroxyl groups is 1. The second-order valence-corrected chi connectivity index (χ2v) is 8.38. The molecule has 0 fully saturated rings. The molecule has 0 saturated carbocycles. The van der Waals surface area contributed by atoms with E-state index in [1.54, 1.807) is 6.92 Å². The van der Waals surface area contributed by atoms with E-state index in [0.717, 1.165) is 10.7 Å². The van der Waals surface area contributed by atoms with E-state index < -0.39 is 42.2 Å². The molecule has 170 valence electrons. The van der Waals surface area contributed by atoms with Crippen molar-refractivity contribution in [2.24, 2.45) is 0 Å². The van der Waals surface area contributed by atoms with Crippen LogP contribution in [0.1, 0.15) is 36.7 Å². The average Bonchev–Trinajstić information content (AvgIpc) is 3.06. The van der Waals surface area contributed by atoms with Gasteiger partial charge in [-0.1, -0.05) is 0 Å². The number of carbonyl (C=O) groups excluding carboxylic acids is 1. The van der Waals surface area contributed by atoms with Gasteiger partial charge in [0.05, 0.1) is 18.8 Å². The van der Waals surface area contributed by atoms with Crippen LogP contribution in [0.3, 0.4) is 0 Å². The van der Waals surface area contributed by atoms with Crippen LogP contribution < -0.4 is 5.32 Å². The van der Waals surface area contributed by atoms with Gasteiger partial charge in [-0.25, -0.2) is 18.4 Å². The summed E-state index contributed by atoms with van der Waals surface area (Å²) in [6.07, 6.45) is -1.02. The zero-order valence-electron chi connectivity index (χ0n) is 17.2. The predicted octanol–water partition coefficient (Wildman–Crippen LogP) is 4.14. The standard InChI is InChI=1S/C21H21F4N5O2/c1-12-7-16-14(18-21(24,25)10-20(32,11-22)5-6-30(18)28-16)9-29(12)19(31)27-13-3-4-15(23)17(8-13)26-2/h3-4,8,12,32H,5-7,9-11H2,1H3,(H,27,31)/t12?,20-/m0/s1. The van der Waals surface area contributed by atoms with Crippen LogP contribution in [0, 0.1) is 12.4 Å². The largest absolute Gasteiger partial charge is 0.387 e. The molecule has 2 atom stereocenters. The number of aryl methyl sites for hydroxylation is 1. The van der Waals surface area contributed by atoms with Gasteiger partial charge in [-0.05, 0) is 31.5 Å². The van der Waals surface area contributed by atoms with E-state index in [-0.39, 0.29) is 48.9 Å². The first kappa shape index (κ1) is 22.1. The highest BCUT2D eigenvalue weighted by atomic mass is 19.3. The number of halogens is 4. The molecule has 2 aliphatic heterocycles. The second kappa shape index (κ2) is 7.78. The Morgan fingerprint density at radius 3 is 2.88 bits per heavy atom. The quantitative estimate of drug-likeness (QED) is 0.533. The Balaban J connectivity index is 1.62. The van der Waals surface area contributed by atoms with Gasteiger partial charge >= 0.3 is 6.03 Å². The summed E-state index contributed by atoms with van der Waals surface area (Å²) in [5.74, 6) is -4.24. The zero-order chi connectivity index (χ0) is 23.3.